The maximum Gasteiger partial charge on any atom is 0.326 e. The highest BCUT2D eigenvalue weighted by molar-refractivity contribution is 5.97. The van der Waals surface area contributed by atoms with Crippen LogP contribution < -0.4 is 43.4 Å². The van der Waals surface area contributed by atoms with Gasteiger partial charge < -0.3 is 68.5 Å². The minimum atomic E-state index is -1.61. The quantitative estimate of drug-likeness (QED) is 0.0311. The smallest absolute Gasteiger partial charge is 0.326 e. The topological polar surface area (TPSA) is 387 Å². The summed E-state index contributed by atoms with van der Waals surface area (Å²) in [6.07, 6.45) is 7.46. The van der Waals surface area contributed by atoms with Gasteiger partial charge in [0.15, 0.2) is 0 Å². The number of rotatable bonds is 25. The number of benzene rings is 1. The first-order valence-electron chi connectivity index (χ1n) is 19.7. The number of phenols is 1. The highest BCUT2D eigenvalue weighted by Gasteiger charge is 2.33. The van der Waals surface area contributed by atoms with Gasteiger partial charge in [-0.3, -0.25) is 33.6 Å². The van der Waals surface area contributed by atoms with Gasteiger partial charge in [0.25, 0.3) is 0 Å². The molecule has 338 valence electrons. The van der Waals surface area contributed by atoms with Gasteiger partial charge in [-0.05, 0) is 30.0 Å². The van der Waals surface area contributed by atoms with Crippen LogP contribution in [-0.2, 0) is 64.0 Å². The van der Waals surface area contributed by atoms with Gasteiger partial charge in [-0.25, -0.2) is 19.7 Å². The molecule has 6 atom stereocenters. The molecule has 3 aromatic heterocycles. The average molecular weight is 877 g/mol. The zero-order chi connectivity index (χ0) is 46.1. The Morgan fingerprint density at radius 2 is 1.10 bits per heavy atom. The molecule has 0 unspecified atom stereocenters. The molecule has 0 fully saturated rings. The maximum atomic E-state index is 14.0. The number of nitrogens with two attached hydrogens (primary N) is 2. The van der Waals surface area contributed by atoms with Crippen LogP contribution in [0.4, 0.5) is 0 Å². The predicted octanol–water partition coefficient (Wildman–Crippen LogP) is -3.29. The molecular formula is C39H52N14O10. The largest absolute Gasteiger partial charge is 0.508 e. The first kappa shape index (κ1) is 48.0. The Labute approximate surface area is 360 Å². The molecule has 0 radical (unpaired) electrons. The minimum absolute atomic E-state index is 0.0225. The van der Waals surface area contributed by atoms with Gasteiger partial charge in [0.05, 0.1) is 38.0 Å². The summed E-state index contributed by atoms with van der Waals surface area (Å²) in [5.74, 6) is -7.65. The summed E-state index contributed by atoms with van der Waals surface area (Å²) in [6.45, 7) is 2.82. The first-order valence-corrected chi connectivity index (χ1v) is 19.7. The van der Waals surface area contributed by atoms with E-state index in [1.165, 1.54) is 49.7 Å². The molecule has 0 spiro atoms. The van der Waals surface area contributed by atoms with E-state index in [9.17, 15) is 48.6 Å². The van der Waals surface area contributed by atoms with Crippen LogP contribution in [0.5, 0.6) is 5.75 Å². The second kappa shape index (κ2) is 23.4. The molecule has 0 aliphatic heterocycles. The SMILES string of the molecule is CC(C)C[C@H](NC(=O)[C@H](Cc1cnc[nH]1)NC(=O)[C@H](Cc1ccc(O)cc1)NC(=O)[C@@H](N)Cc1cnc[nH]1)C(=O)NCC(=O)N[C@@H](CC(N)=O)C(=O)N[C@@H](Cc1cnc[nH]1)C(=O)O. The van der Waals surface area contributed by atoms with Crippen LogP contribution in [-0.4, -0.2) is 130 Å². The van der Waals surface area contributed by atoms with E-state index in [-0.39, 0.29) is 43.8 Å². The number of nitrogens with one attached hydrogen (secondary N) is 9. The molecule has 63 heavy (non-hydrogen) atoms. The van der Waals surface area contributed by atoms with Gasteiger partial charge in [0, 0.05) is 61.4 Å². The van der Waals surface area contributed by atoms with Crippen LogP contribution in [0.25, 0.3) is 0 Å². The Morgan fingerprint density at radius 3 is 1.60 bits per heavy atom. The maximum absolute atomic E-state index is 14.0. The van der Waals surface area contributed by atoms with Gasteiger partial charge in [0.1, 0.15) is 36.0 Å². The molecule has 3 heterocycles. The number of primary amides is 1. The highest BCUT2D eigenvalue weighted by Crippen LogP contribution is 2.13. The summed E-state index contributed by atoms with van der Waals surface area (Å²) in [5.41, 5.74) is 13.4. The number of aromatic amines is 3. The fourth-order valence-electron chi connectivity index (χ4n) is 6.19. The summed E-state index contributed by atoms with van der Waals surface area (Å²) in [5, 5.41) is 34.3. The van der Waals surface area contributed by atoms with Crippen molar-refractivity contribution in [1.29, 1.82) is 0 Å². The van der Waals surface area contributed by atoms with Crippen molar-refractivity contribution in [1.82, 2.24) is 61.8 Å². The Bertz CT molecular complexity index is 2140. The third-order valence-electron chi connectivity index (χ3n) is 9.37. The van der Waals surface area contributed by atoms with Gasteiger partial charge in [-0.2, -0.15) is 0 Å². The van der Waals surface area contributed by atoms with E-state index >= 15 is 0 Å². The van der Waals surface area contributed by atoms with Crippen molar-refractivity contribution in [2.24, 2.45) is 17.4 Å². The number of carbonyl (C=O) groups is 8. The summed E-state index contributed by atoms with van der Waals surface area (Å²) in [6, 6.07) is -2.11. The molecule has 0 bridgehead atoms. The van der Waals surface area contributed by atoms with Crippen molar-refractivity contribution in [3.63, 3.8) is 0 Å². The summed E-state index contributed by atoms with van der Waals surface area (Å²) in [7, 11) is 0. The van der Waals surface area contributed by atoms with Gasteiger partial charge in [0.2, 0.25) is 41.4 Å². The highest BCUT2D eigenvalue weighted by atomic mass is 16.4. The van der Waals surface area contributed by atoms with Crippen LogP contribution in [0.2, 0.25) is 0 Å². The predicted molar refractivity (Wildman–Crippen MR) is 220 cm³/mol. The van der Waals surface area contributed by atoms with E-state index in [4.69, 9.17) is 11.5 Å². The zero-order valence-corrected chi connectivity index (χ0v) is 34.4. The van der Waals surface area contributed by atoms with Crippen molar-refractivity contribution >= 4 is 47.3 Å². The molecule has 0 saturated carbocycles. The first-order chi connectivity index (χ1) is 30.0. The fourth-order valence-corrected chi connectivity index (χ4v) is 6.19. The van der Waals surface area contributed by atoms with Crippen LogP contribution in [0, 0.1) is 5.92 Å². The van der Waals surface area contributed by atoms with Crippen molar-refractivity contribution in [3.05, 3.63) is 84.5 Å². The number of hydrogen-bond donors (Lipinski definition) is 13. The average Bonchev–Trinajstić information content (AvgIpc) is 4.05. The number of amides is 7. The van der Waals surface area contributed by atoms with Crippen LogP contribution in [0.15, 0.2) is 61.8 Å². The molecule has 15 N–H and O–H groups in total. The number of H-pyrrole nitrogens is 3. The summed E-state index contributed by atoms with van der Waals surface area (Å²) in [4.78, 5) is 125. The lowest BCUT2D eigenvalue weighted by Gasteiger charge is -2.26. The monoisotopic (exact) mass is 876 g/mol. The third kappa shape index (κ3) is 16.1. The molecule has 0 aliphatic carbocycles. The standard InChI is InChI=1S/C39H52N14O10/c1-20(2)7-27(35(58)45-16-33(56)49-30(12-32(41)55)38(61)53-31(39(62)63)11-24-15-44-19-48-24)51-37(60)29(10-23-14-43-18-47-23)52-36(59)28(8-21-3-5-25(54)6-4-21)50-34(57)26(40)9-22-13-42-17-46-22/h3-6,13-15,17-20,26-31,54H,7-12,16,40H2,1-2H3,(H2,41,55)(H,42,46)(H,43,47)(H,44,48)(H,45,58)(H,49,56)(H,50,57)(H,51,60)(H,52,59)(H,53,61)(H,62,63)/t26-,27-,28-,29-,30-,31-/m0/s1. The number of imidazole rings is 3. The number of aromatic nitrogens is 6. The number of aromatic hydroxyl groups is 1. The zero-order valence-electron chi connectivity index (χ0n) is 34.4. The molecule has 4 rings (SSSR count). The molecule has 24 heteroatoms. The Hall–Kier alpha value is -7.63. The lowest BCUT2D eigenvalue weighted by Crippen LogP contribution is -2.59. The Kier molecular flexibility index (Phi) is 17.8. The Morgan fingerprint density at radius 1 is 0.619 bits per heavy atom. The fraction of sp³-hybridized carbons (Fsp3) is 0.410. The number of carboxylic acid groups (broad SMARTS) is 1. The number of nitrogens with zero attached hydrogens (tertiary/aromatic N) is 3. The van der Waals surface area contributed by atoms with E-state index in [1.807, 2.05) is 0 Å². The number of carboxylic acids is 1. The van der Waals surface area contributed by atoms with E-state index in [0.717, 1.165) is 0 Å². The molecule has 0 saturated heterocycles. The van der Waals surface area contributed by atoms with Crippen molar-refractivity contribution < 1.29 is 48.6 Å². The van der Waals surface area contributed by atoms with E-state index < -0.39 is 96.5 Å². The lowest BCUT2D eigenvalue weighted by molar-refractivity contribution is -0.142. The van der Waals surface area contributed by atoms with Gasteiger partial charge >= 0.3 is 5.97 Å². The molecular weight excluding hydrogens is 825 g/mol. The lowest BCUT2D eigenvalue weighted by atomic mass is 10.0. The van der Waals surface area contributed by atoms with Gasteiger partial charge in [-0.15, -0.1) is 0 Å². The number of aliphatic carboxylic acids is 1. The van der Waals surface area contributed by atoms with Crippen LogP contribution in [0.1, 0.15) is 49.3 Å². The van der Waals surface area contributed by atoms with Crippen molar-refractivity contribution in [2.75, 3.05) is 6.54 Å². The normalized spacial score (nSPS) is 13.9. The number of carbonyl (C=O) groups excluding carboxylic acids is 7. The third-order valence-corrected chi connectivity index (χ3v) is 9.37. The summed E-state index contributed by atoms with van der Waals surface area (Å²) < 4.78 is 0. The minimum Gasteiger partial charge on any atom is -0.508 e. The van der Waals surface area contributed by atoms with Crippen molar-refractivity contribution in [3.8, 4) is 5.75 Å². The molecule has 7 amide bonds. The number of phenolic OH excluding ortho intramolecular Hbond substituents is 1. The van der Waals surface area contributed by atoms with Crippen LogP contribution >= 0.6 is 0 Å². The molecule has 24 nitrogen and oxygen atoms in total. The second-order valence-corrected chi connectivity index (χ2v) is 15.0. The molecule has 4 aromatic rings. The van der Waals surface area contributed by atoms with E-state index in [1.54, 1.807) is 26.0 Å². The molecule has 1 aromatic carbocycles. The van der Waals surface area contributed by atoms with E-state index in [0.29, 0.717) is 22.6 Å². The molecule has 0 aliphatic rings. The van der Waals surface area contributed by atoms with Crippen molar-refractivity contribution in [2.45, 2.75) is 88.6 Å². The van der Waals surface area contributed by atoms with E-state index in [2.05, 4.69) is 61.8 Å². The van der Waals surface area contributed by atoms with Crippen LogP contribution in [0.3, 0.4) is 0 Å². The number of hydrogen-bond acceptors (Lipinski definition) is 13. The second-order valence-electron chi connectivity index (χ2n) is 15.0. The Balaban J connectivity index is 1.46. The van der Waals surface area contributed by atoms with Gasteiger partial charge in [-0.1, -0.05) is 26.0 Å². The summed E-state index contributed by atoms with van der Waals surface area (Å²) >= 11 is 0.